The number of rotatable bonds is 1. The second kappa shape index (κ2) is 3.87. The van der Waals surface area contributed by atoms with Crippen LogP contribution in [-0.2, 0) is 6.18 Å². The number of nitrogens with zero attached hydrogens (tertiary/aromatic N) is 1. The standard InChI is InChI=1S/C6H2BrF5N2O/c7-1-2(3(8)9)13-5(6(10,11)12)14-4(1)15/h3H,(H,13,14,15). The molecule has 1 N–H and O–H groups in total. The maximum Gasteiger partial charge on any atom is 0.449 e. The summed E-state index contributed by atoms with van der Waals surface area (Å²) in [4.78, 5) is 14.8. The molecule has 0 unspecified atom stereocenters. The van der Waals surface area contributed by atoms with Crippen LogP contribution in [0.1, 0.15) is 17.9 Å². The first-order valence-electron chi connectivity index (χ1n) is 3.38. The molecular formula is C6H2BrF5N2O. The molecule has 0 aliphatic carbocycles. The van der Waals surface area contributed by atoms with Gasteiger partial charge in [-0.2, -0.15) is 13.2 Å². The number of nitrogens with one attached hydrogen (secondary N) is 1. The molecule has 1 rings (SSSR count). The van der Waals surface area contributed by atoms with Crippen molar-refractivity contribution in [1.29, 1.82) is 0 Å². The summed E-state index contributed by atoms with van der Waals surface area (Å²) in [5, 5.41) is 0. The Morgan fingerprint density at radius 2 is 1.87 bits per heavy atom. The summed E-state index contributed by atoms with van der Waals surface area (Å²) in [6, 6.07) is 0. The predicted octanol–water partition coefficient (Wildman–Crippen LogP) is 2.49. The molecule has 0 amide bonds. The smallest absolute Gasteiger partial charge is 0.302 e. The van der Waals surface area contributed by atoms with Gasteiger partial charge in [0.1, 0.15) is 10.2 Å². The Hall–Kier alpha value is -0.990. The first-order chi connectivity index (χ1) is 6.73. The number of hydrogen-bond donors (Lipinski definition) is 1. The van der Waals surface area contributed by atoms with Crippen LogP contribution in [0.5, 0.6) is 0 Å². The van der Waals surface area contributed by atoms with Crippen LogP contribution < -0.4 is 5.56 Å². The van der Waals surface area contributed by atoms with Gasteiger partial charge < -0.3 is 4.98 Å². The third-order valence-electron chi connectivity index (χ3n) is 1.36. The largest absolute Gasteiger partial charge is 0.449 e. The molecule has 0 atom stereocenters. The molecule has 0 saturated carbocycles. The maximum atomic E-state index is 12.2. The van der Waals surface area contributed by atoms with Crippen LogP contribution >= 0.6 is 15.9 Å². The lowest BCUT2D eigenvalue weighted by molar-refractivity contribution is -0.145. The molecule has 0 aliphatic rings. The topological polar surface area (TPSA) is 45.8 Å². The minimum atomic E-state index is -4.97. The average Bonchev–Trinajstić information content (AvgIpc) is 2.06. The minimum Gasteiger partial charge on any atom is -0.302 e. The summed E-state index contributed by atoms with van der Waals surface area (Å²) < 4.78 is 59.8. The zero-order chi connectivity index (χ0) is 11.8. The van der Waals surface area contributed by atoms with E-state index in [0.717, 1.165) is 0 Å². The lowest BCUT2D eigenvalue weighted by atomic mass is 10.4. The van der Waals surface area contributed by atoms with Crippen molar-refractivity contribution in [3.8, 4) is 0 Å². The van der Waals surface area contributed by atoms with E-state index >= 15 is 0 Å². The second-order valence-corrected chi connectivity index (χ2v) is 3.21. The zero-order valence-electron chi connectivity index (χ0n) is 6.70. The number of aromatic nitrogens is 2. The Balaban J connectivity index is 3.43. The van der Waals surface area contributed by atoms with E-state index in [2.05, 4.69) is 20.9 Å². The monoisotopic (exact) mass is 292 g/mol. The van der Waals surface area contributed by atoms with Crippen LogP contribution in [0.2, 0.25) is 0 Å². The molecule has 0 spiro atoms. The SMILES string of the molecule is O=c1[nH]c(C(F)(F)F)nc(C(F)F)c1Br. The van der Waals surface area contributed by atoms with E-state index in [9.17, 15) is 26.7 Å². The van der Waals surface area contributed by atoms with Crippen LogP contribution in [0.15, 0.2) is 9.27 Å². The molecule has 0 radical (unpaired) electrons. The molecular weight excluding hydrogens is 291 g/mol. The third-order valence-corrected chi connectivity index (χ3v) is 2.13. The lowest BCUT2D eigenvalue weighted by Gasteiger charge is -2.07. The normalized spacial score (nSPS) is 12.2. The Bertz CT molecular complexity index is 427. The fourth-order valence-corrected chi connectivity index (χ4v) is 1.12. The van der Waals surface area contributed by atoms with Crippen molar-refractivity contribution in [2.24, 2.45) is 0 Å². The van der Waals surface area contributed by atoms with Gasteiger partial charge in [-0.3, -0.25) is 4.79 Å². The van der Waals surface area contributed by atoms with Crippen molar-refractivity contribution in [2.45, 2.75) is 12.6 Å². The molecule has 1 aromatic heterocycles. The summed E-state index contributed by atoms with van der Waals surface area (Å²) >= 11 is 2.43. The summed E-state index contributed by atoms with van der Waals surface area (Å²) in [7, 11) is 0. The number of H-pyrrole nitrogens is 1. The van der Waals surface area contributed by atoms with Gasteiger partial charge in [0, 0.05) is 0 Å². The van der Waals surface area contributed by atoms with Crippen molar-refractivity contribution in [1.82, 2.24) is 9.97 Å². The van der Waals surface area contributed by atoms with Gasteiger partial charge in [-0.25, -0.2) is 13.8 Å². The first kappa shape index (κ1) is 12.1. The fourth-order valence-electron chi connectivity index (χ4n) is 0.755. The minimum absolute atomic E-state index is 0.703. The summed E-state index contributed by atoms with van der Waals surface area (Å²) in [6.07, 6.45) is -8.23. The second-order valence-electron chi connectivity index (χ2n) is 2.41. The van der Waals surface area contributed by atoms with E-state index in [-0.39, 0.29) is 0 Å². The number of aromatic amines is 1. The molecule has 1 heterocycles. The average molecular weight is 293 g/mol. The van der Waals surface area contributed by atoms with E-state index in [1.807, 2.05) is 0 Å². The molecule has 0 bridgehead atoms. The van der Waals surface area contributed by atoms with Gasteiger partial charge in [0.05, 0.1) is 0 Å². The van der Waals surface area contributed by atoms with E-state index in [1.165, 1.54) is 4.98 Å². The number of hydrogen-bond acceptors (Lipinski definition) is 2. The van der Waals surface area contributed by atoms with Gasteiger partial charge in [-0.05, 0) is 15.9 Å². The molecule has 0 saturated heterocycles. The van der Waals surface area contributed by atoms with Gasteiger partial charge in [0.15, 0.2) is 0 Å². The van der Waals surface area contributed by atoms with Crippen LogP contribution in [0, 0.1) is 0 Å². The van der Waals surface area contributed by atoms with E-state index in [0.29, 0.717) is 0 Å². The number of alkyl halides is 5. The Kier molecular flexibility index (Phi) is 3.12. The molecule has 1 aromatic rings. The predicted molar refractivity (Wildman–Crippen MR) is 42.5 cm³/mol. The molecule has 0 fully saturated rings. The molecule has 0 aromatic carbocycles. The van der Waals surface area contributed by atoms with Crippen molar-refractivity contribution in [3.05, 3.63) is 26.3 Å². The van der Waals surface area contributed by atoms with Gasteiger partial charge in [0.2, 0.25) is 5.82 Å². The van der Waals surface area contributed by atoms with Crippen LogP contribution in [0.4, 0.5) is 22.0 Å². The summed E-state index contributed by atoms with van der Waals surface area (Å²) in [6.45, 7) is 0. The molecule has 15 heavy (non-hydrogen) atoms. The fraction of sp³-hybridized carbons (Fsp3) is 0.333. The van der Waals surface area contributed by atoms with Crippen molar-refractivity contribution in [2.75, 3.05) is 0 Å². The highest BCUT2D eigenvalue weighted by Crippen LogP contribution is 2.29. The van der Waals surface area contributed by atoms with Crippen LogP contribution in [0.3, 0.4) is 0 Å². The highest BCUT2D eigenvalue weighted by atomic mass is 79.9. The highest BCUT2D eigenvalue weighted by molar-refractivity contribution is 9.10. The maximum absolute atomic E-state index is 12.2. The quantitative estimate of drug-likeness (QED) is 0.809. The molecule has 9 heteroatoms. The lowest BCUT2D eigenvalue weighted by Crippen LogP contribution is -2.21. The van der Waals surface area contributed by atoms with Crippen LogP contribution in [0.25, 0.3) is 0 Å². The third kappa shape index (κ3) is 2.52. The molecule has 3 nitrogen and oxygen atoms in total. The van der Waals surface area contributed by atoms with Gasteiger partial charge in [0.25, 0.3) is 12.0 Å². The van der Waals surface area contributed by atoms with E-state index < -0.39 is 34.2 Å². The number of halogens is 6. The molecule has 0 aliphatic heterocycles. The Morgan fingerprint density at radius 3 is 2.27 bits per heavy atom. The van der Waals surface area contributed by atoms with E-state index in [4.69, 9.17) is 0 Å². The van der Waals surface area contributed by atoms with Crippen molar-refractivity contribution >= 4 is 15.9 Å². The van der Waals surface area contributed by atoms with Gasteiger partial charge >= 0.3 is 6.18 Å². The summed E-state index contributed by atoms with van der Waals surface area (Å²) in [5.41, 5.74) is -2.53. The van der Waals surface area contributed by atoms with Crippen molar-refractivity contribution in [3.63, 3.8) is 0 Å². The highest BCUT2D eigenvalue weighted by Gasteiger charge is 2.36. The first-order valence-corrected chi connectivity index (χ1v) is 4.18. The molecule has 84 valence electrons. The van der Waals surface area contributed by atoms with E-state index in [1.54, 1.807) is 0 Å². The van der Waals surface area contributed by atoms with Gasteiger partial charge in [-0.1, -0.05) is 0 Å². The zero-order valence-corrected chi connectivity index (χ0v) is 8.29. The summed E-state index contributed by atoms with van der Waals surface area (Å²) in [5.74, 6) is -1.74. The van der Waals surface area contributed by atoms with Gasteiger partial charge in [-0.15, -0.1) is 0 Å². The van der Waals surface area contributed by atoms with Crippen LogP contribution in [-0.4, -0.2) is 9.97 Å². The van der Waals surface area contributed by atoms with Crippen molar-refractivity contribution < 1.29 is 22.0 Å². The Labute approximate surface area is 87.5 Å². The Morgan fingerprint density at radius 1 is 1.33 bits per heavy atom.